The summed E-state index contributed by atoms with van der Waals surface area (Å²) in [6, 6.07) is 17.0. The van der Waals surface area contributed by atoms with Gasteiger partial charge in [-0.25, -0.2) is 4.98 Å². The summed E-state index contributed by atoms with van der Waals surface area (Å²) in [6.07, 6.45) is 0. The zero-order chi connectivity index (χ0) is 21.8. The van der Waals surface area contributed by atoms with Gasteiger partial charge in [-0.05, 0) is 43.3 Å². The summed E-state index contributed by atoms with van der Waals surface area (Å²) in [7, 11) is 0. The molecule has 0 bridgehead atoms. The fourth-order valence-corrected chi connectivity index (χ4v) is 3.65. The Kier molecular flexibility index (Phi) is 6.23. The van der Waals surface area contributed by atoms with E-state index in [2.05, 4.69) is 15.2 Å². The van der Waals surface area contributed by atoms with E-state index in [1.54, 1.807) is 11.8 Å². The lowest BCUT2D eigenvalue weighted by Crippen LogP contribution is -2.51. The molecule has 7 nitrogen and oxygen atoms in total. The highest BCUT2D eigenvalue weighted by Crippen LogP contribution is 2.21. The van der Waals surface area contributed by atoms with Gasteiger partial charge >= 0.3 is 0 Å². The van der Waals surface area contributed by atoms with Crippen LogP contribution in [0, 0.1) is 6.92 Å². The fourth-order valence-electron chi connectivity index (χ4n) is 3.53. The highest BCUT2D eigenvalue weighted by Gasteiger charge is 2.23. The van der Waals surface area contributed by atoms with Crippen molar-refractivity contribution in [2.24, 2.45) is 0 Å². The van der Waals surface area contributed by atoms with Gasteiger partial charge in [0, 0.05) is 42.5 Å². The van der Waals surface area contributed by atoms with E-state index in [0.29, 0.717) is 29.8 Å². The van der Waals surface area contributed by atoms with E-state index in [0.717, 1.165) is 24.3 Å². The number of oxazole rings is 1. The van der Waals surface area contributed by atoms with Crippen LogP contribution in [0.5, 0.6) is 0 Å². The molecule has 2 heterocycles. The number of carbonyl (C=O) groups is 2. The predicted molar refractivity (Wildman–Crippen MR) is 119 cm³/mol. The molecule has 1 fully saturated rings. The Morgan fingerprint density at radius 1 is 1.03 bits per heavy atom. The van der Waals surface area contributed by atoms with Gasteiger partial charge in [0.25, 0.3) is 5.91 Å². The maximum atomic E-state index is 12.6. The molecule has 2 aromatic carbocycles. The Morgan fingerprint density at radius 2 is 1.71 bits per heavy atom. The number of nitrogens with zero attached hydrogens (tertiary/aromatic N) is 3. The first-order chi connectivity index (χ1) is 15.0. The summed E-state index contributed by atoms with van der Waals surface area (Å²) >= 11 is 5.95. The smallest absolute Gasteiger partial charge is 0.273 e. The predicted octanol–water partition coefficient (Wildman–Crippen LogP) is 3.38. The molecule has 0 aliphatic carbocycles. The Hall–Kier alpha value is -3.32. The Labute approximate surface area is 185 Å². The molecule has 0 saturated carbocycles. The average Bonchev–Trinajstić information content (AvgIpc) is 3.20. The third-order valence-electron chi connectivity index (χ3n) is 5.26. The summed E-state index contributed by atoms with van der Waals surface area (Å²) in [5.74, 6) is 0.262. The molecule has 0 atom stereocenters. The van der Waals surface area contributed by atoms with Crippen molar-refractivity contribution >= 4 is 29.1 Å². The van der Waals surface area contributed by atoms with Crippen LogP contribution in [-0.2, 0) is 4.79 Å². The molecule has 8 heteroatoms. The van der Waals surface area contributed by atoms with Crippen molar-refractivity contribution in [2.45, 2.75) is 6.92 Å². The molecule has 1 aliphatic rings. The average molecular weight is 439 g/mol. The second kappa shape index (κ2) is 9.22. The number of rotatable bonds is 5. The van der Waals surface area contributed by atoms with E-state index in [4.69, 9.17) is 16.0 Å². The standard InChI is InChI=1S/C23H23ClN4O3/c1-16-21(26-23(31-16)17-5-3-2-4-6-17)22(30)25-15-20(29)28-13-11-27(12-14-28)19-9-7-18(24)8-10-19/h2-10H,11-15H2,1H3,(H,25,30). The number of hydrogen-bond acceptors (Lipinski definition) is 5. The zero-order valence-electron chi connectivity index (χ0n) is 17.2. The van der Waals surface area contributed by atoms with E-state index in [9.17, 15) is 9.59 Å². The number of amides is 2. The minimum absolute atomic E-state index is 0.0766. The van der Waals surface area contributed by atoms with E-state index in [1.807, 2.05) is 54.6 Å². The first-order valence-corrected chi connectivity index (χ1v) is 10.5. The van der Waals surface area contributed by atoms with Gasteiger partial charge in [0.2, 0.25) is 11.8 Å². The quantitative estimate of drug-likeness (QED) is 0.660. The van der Waals surface area contributed by atoms with Crippen LogP contribution < -0.4 is 10.2 Å². The summed E-state index contributed by atoms with van der Waals surface area (Å²) in [5.41, 5.74) is 2.07. The van der Waals surface area contributed by atoms with E-state index >= 15 is 0 Å². The molecule has 1 saturated heterocycles. The van der Waals surface area contributed by atoms with Crippen LogP contribution in [0.25, 0.3) is 11.5 Å². The monoisotopic (exact) mass is 438 g/mol. The molecule has 0 radical (unpaired) electrons. The number of benzene rings is 2. The normalized spacial score (nSPS) is 13.9. The highest BCUT2D eigenvalue weighted by atomic mass is 35.5. The first-order valence-electron chi connectivity index (χ1n) is 10.1. The molecule has 160 valence electrons. The number of anilines is 1. The maximum Gasteiger partial charge on any atom is 0.273 e. The number of carbonyl (C=O) groups excluding carboxylic acids is 2. The molecule has 0 spiro atoms. The number of piperazine rings is 1. The molecule has 3 aromatic rings. The number of hydrogen-bond donors (Lipinski definition) is 1. The highest BCUT2D eigenvalue weighted by molar-refractivity contribution is 6.30. The van der Waals surface area contributed by atoms with E-state index in [1.165, 1.54) is 0 Å². The van der Waals surface area contributed by atoms with Crippen LogP contribution in [0.3, 0.4) is 0 Å². The van der Waals surface area contributed by atoms with Gasteiger partial charge in [0.1, 0.15) is 5.76 Å². The molecular weight excluding hydrogens is 416 g/mol. The van der Waals surface area contributed by atoms with Gasteiger partial charge in [-0.2, -0.15) is 0 Å². The van der Waals surface area contributed by atoms with Gasteiger partial charge in [0.05, 0.1) is 6.54 Å². The van der Waals surface area contributed by atoms with E-state index < -0.39 is 5.91 Å². The van der Waals surface area contributed by atoms with Gasteiger partial charge < -0.3 is 19.5 Å². The van der Waals surface area contributed by atoms with Crippen LogP contribution in [0.2, 0.25) is 5.02 Å². The maximum absolute atomic E-state index is 12.6. The third-order valence-corrected chi connectivity index (χ3v) is 5.51. The summed E-state index contributed by atoms with van der Waals surface area (Å²) in [6.45, 7) is 4.25. The number of aryl methyl sites for hydroxylation is 1. The van der Waals surface area contributed by atoms with Crippen molar-refractivity contribution in [3.63, 3.8) is 0 Å². The van der Waals surface area contributed by atoms with Crippen LogP contribution >= 0.6 is 11.6 Å². The van der Waals surface area contributed by atoms with Gasteiger partial charge in [-0.15, -0.1) is 0 Å². The van der Waals surface area contributed by atoms with Crippen LogP contribution in [0.1, 0.15) is 16.2 Å². The van der Waals surface area contributed by atoms with Crippen molar-refractivity contribution in [2.75, 3.05) is 37.6 Å². The van der Waals surface area contributed by atoms with Crippen molar-refractivity contribution in [1.82, 2.24) is 15.2 Å². The van der Waals surface area contributed by atoms with Gasteiger partial charge in [-0.1, -0.05) is 29.8 Å². The Bertz CT molecular complexity index is 1060. The third kappa shape index (κ3) is 4.88. The Balaban J connectivity index is 1.30. The fraction of sp³-hybridized carbons (Fsp3) is 0.261. The summed E-state index contributed by atoms with van der Waals surface area (Å²) in [5, 5.41) is 3.37. The lowest BCUT2D eigenvalue weighted by Gasteiger charge is -2.36. The van der Waals surface area contributed by atoms with Crippen LogP contribution in [0.4, 0.5) is 5.69 Å². The molecule has 31 heavy (non-hydrogen) atoms. The minimum Gasteiger partial charge on any atom is -0.441 e. The topological polar surface area (TPSA) is 78.7 Å². The van der Waals surface area contributed by atoms with Gasteiger partial charge in [0.15, 0.2) is 5.69 Å². The van der Waals surface area contributed by atoms with Crippen molar-refractivity contribution in [3.05, 3.63) is 71.1 Å². The SMILES string of the molecule is Cc1oc(-c2ccccc2)nc1C(=O)NCC(=O)N1CCN(c2ccc(Cl)cc2)CC1. The first kappa shape index (κ1) is 20.9. The molecular formula is C23H23ClN4O3. The molecule has 1 aromatic heterocycles. The number of halogens is 1. The van der Waals surface area contributed by atoms with Gasteiger partial charge in [-0.3, -0.25) is 9.59 Å². The van der Waals surface area contributed by atoms with Crippen molar-refractivity contribution in [3.8, 4) is 11.5 Å². The second-order valence-electron chi connectivity index (χ2n) is 7.32. The lowest BCUT2D eigenvalue weighted by molar-refractivity contribution is -0.130. The second-order valence-corrected chi connectivity index (χ2v) is 7.75. The van der Waals surface area contributed by atoms with Crippen molar-refractivity contribution in [1.29, 1.82) is 0 Å². The number of nitrogens with one attached hydrogen (secondary N) is 1. The number of aromatic nitrogens is 1. The van der Waals surface area contributed by atoms with Crippen LogP contribution in [-0.4, -0.2) is 54.4 Å². The molecule has 0 unspecified atom stereocenters. The molecule has 1 N–H and O–H groups in total. The van der Waals surface area contributed by atoms with Crippen LogP contribution in [0.15, 0.2) is 59.0 Å². The lowest BCUT2D eigenvalue weighted by atomic mass is 10.2. The molecule has 4 rings (SSSR count). The minimum atomic E-state index is -0.420. The summed E-state index contributed by atoms with van der Waals surface area (Å²) < 4.78 is 5.63. The zero-order valence-corrected chi connectivity index (χ0v) is 17.9. The largest absolute Gasteiger partial charge is 0.441 e. The van der Waals surface area contributed by atoms with E-state index in [-0.39, 0.29) is 18.1 Å². The molecule has 1 aliphatic heterocycles. The Morgan fingerprint density at radius 3 is 2.39 bits per heavy atom. The molecule has 2 amide bonds. The van der Waals surface area contributed by atoms with Crippen molar-refractivity contribution < 1.29 is 14.0 Å². The summed E-state index contributed by atoms with van der Waals surface area (Å²) in [4.78, 5) is 33.4.